The van der Waals surface area contributed by atoms with E-state index in [1.807, 2.05) is 19.1 Å². The summed E-state index contributed by atoms with van der Waals surface area (Å²) in [7, 11) is 0. The molecule has 0 aromatic heterocycles. The van der Waals surface area contributed by atoms with E-state index in [0.717, 1.165) is 17.7 Å². The van der Waals surface area contributed by atoms with Crippen molar-refractivity contribution in [2.75, 3.05) is 18.5 Å². The van der Waals surface area contributed by atoms with Gasteiger partial charge in [0.05, 0.1) is 18.7 Å². The number of hydrogen-bond donors (Lipinski definition) is 1. The van der Waals surface area contributed by atoms with Crippen molar-refractivity contribution in [3.63, 3.8) is 0 Å². The number of hydrogen-bond acceptors (Lipinski definition) is 4. The fourth-order valence-electron chi connectivity index (χ4n) is 1.88. The molecule has 132 valence electrons. The van der Waals surface area contributed by atoms with Crippen LogP contribution in [0.4, 0.5) is 14.5 Å². The number of nitrogens with one attached hydrogen (secondary N) is 1. The first-order valence-corrected chi connectivity index (χ1v) is 7.54. The molecule has 0 heterocycles. The molecule has 7 heteroatoms. The smallest absolute Gasteiger partial charge is 0.309 e. The Labute approximate surface area is 143 Å². The number of esters is 1. The molecular weight excluding hydrogens is 332 g/mol. The summed E-state index contributed by atoms with van der Waals surface area (Å²) in [6, 6.07) is 10.1. The SMILES string of the molecule is Cc1ccc(OCCC(=O)OCC(=O)Nc2ccc(F)cc2F)cc1. The molecule has 0 aliphatic carbocycles. The van der Waals surface area contributed by atoms with Gasteiger partial charge in [-0.1, -0.05) is 17.7 Å². The number of anilines is 1. The second-order valence-electron chi connectivity index (χ2n) is 5.24. The Morgan fingerprint density at radius 2 is 1.80 bits per heavy atom. The molecular formula is C18H17F2NO4. The second kappa shape index (κ2) is 8.77. The number of carbonyl (C=O) groups is 2. The van der Waals surface area contributed by atoms with Crippen molar-refractivity contribution >= 4 is 17.6 Å². The van der Waals surface area contributed by atoms with E-state index < -0.39 is 30.1 Å². The summed E-state index contributed by atoms with van der Waals surface area (Å²) in [6.07, 6.45) is -0.0356. The predicted molar refractivity (Wildman–Crippen MR) is 87.2 cm³/mol. The van der Waals surface area contributed by atoms with Crippen LogP contribution in [0.5, 0.6) is 5.75 Å². The molecule has 25 heavy (non-hydrogen) atoms. The van der Waals surface area contributed by atoms with Crippen LogP contribution in [0.2, 0.25) is 0 Å². The molecule has 2 aromatic carbocycles. The Kier molecular flexibility index (Phi) is 6.45. The van der Waals surface area contributed by atoms with Crippen LogP contribution in [0.25, 0.3) is 0 Å². The summed E-state index contributed by atoms with van der Waals surface area (Å²) in [5.74, 6) is -2.38. The molecule has 0 unspecified atom stereocenters. The van der Waals surface area contributed by atoms with Crippen LogP contribution in [0, 0.1) is 18.6 Å². The van der Waals surface area contributed by atoms with Crippen LogP contribution in [0.15, 0.2) is 42.5 Å². The largest absolute Gasteiger partial charge is 0.493 e. The van der Waals surface area contributed by atoms with E-state index in [1.54, 1.807) is 12.1 Å². The first kappa shape index (κ1) is 18.4. The van der Waals surface area contributed by atoms with Crippen molar-refractivity contribution in [1.29, 1.82) is 0 Å². The lowest BCUT2D eigenvalue weighted by Crippen LogP contribution is -2.22. The highest BCUT2D eigenvalue weighted by molar-refractivity contribution is 5.92. The zero-order valence-corrected chi connectivity index (χ0v) is 13.6. The van der Waals surface area contributed by atoms with Crippen molar-refractivity contribution in [3.8, 4) is 5.75 Å². The normalized spacial score (nSPS) is 10.2. The molecule has 0 aliphatic heterocycles. The van der Waals surface area contributed by atoms with Crippen LogP contribution in [-0.4, -0.2) is 25.1 Å². The van der Waals surface area contributed by atoms with E-state index in [2.05, 4.69) is 5.32 Å². The fraction of sp³-hybridized carbons (Fsp3) is 0.222. The molecule has 1 N–H and O–H groups in total. The summed E-state index contributed by atoms with van der Waals surface area (Å²) in [6.45, 7) is 1.49. The van der Waals surface area contributed by atoms with E-state index >= 15 is 0 Å². The number of halogens is 2. The van der Waals surface area contributed by atoms with Gasteiger partial charge in [-0.3, -0.25) is 9.59 Å². The summed E-state index contributed by atoms with van der Waals surface area (Å²) >= 11 is 0. The molecule has 0 spiro atoms. The number of ether oxygens (including phenoxy) is 2. The van der Waals surface area contributed by atoms with E-state index in [9.17, 15) is 18.4 Å². The highest BCUT2D eigenvalue weighted by atomic mass is 19.1. The minimum absolute atomic E-state index is 0.0356. The summed E-state index contributed by atoms with van der Waals surface area (Å²) < 4.78 is 36.3. The monoisotopic (exact) mass is 349 g/mol. The lowest BCUT2D eigenvalue weighted by Gasteiger charge is -2.08. The lowest BCUT2D eigenvalue weighted by molar-refractivity contribution is -0.147. The Bertz CT molecular complexity index is 747. The number of rotatable bonds is 7. The van der Waals surface area contributed by atoms with Gasteiger partial charge in [0.15, 0.2) is 6.61 Å². The average molecular weight is 349 g/mol. The highest BCUT2D eigenvalue weighted by Crippen LogP contribution is 2.15. The zero-order chi connectivity index (χ0) is 18.2. The molecule has 5 nitrogen and oxygen atoms in total. The Hall–Kier alpha value is -2.96. The molecule has 0 fully saturated rings. The minimum atomic E-state index is -0.911. The van der Waals surface area contributed by atoms with Crippen molar-refractivity contribution in [3.05, 3.63) is 59.7 Å². The maximum Gasteiger partial charge on any atom is 0.309 e. The van der Waals surface area contributed by atoms with Gasteiger partial charge in [-0.15, -0.1) is 0 Å². The molecule has 2 rings (SSSR count). The van der Waals surface area contributed by atoms with Crippen LogP contribution < -0.4 is 10.1 Å². The van der Waals surface area contributed by atoms with E-state index in [-0.39, 0.29) is 18.7 Å². The standard InChI is InChI=1S/C18H17F2NO4/c1-12-2-5-14(6-3-12)24-9-8-18(23)25-11-17(22)21-16-7-4-13(19)10-15(16)20/h2-7,10H,8-9,11H2,1H3,(H,21,22). The molecule has 0 radical (unpaired) electrons. The lowest BCUT2D eigenvalue weighted by atomic mass is 10.2. The van der Waals surface area contributed by atoms with Gasteiger partial charge in [0.25, 0.3) is 5.91 Å². The van der Waals surface area contributed by atoms with E-state index in [4.69, 9.17) is 9.47 Å². The minimum Gasteiger partial charge on any atom is -0.493 e. The van der Waals surface area contributed by atoms with Gasteiger partial charge < -0.3 is 14.8 Å². The second-order valence-corrected chi connectivity index (χ2v) is 5.24. The van der Waals surface area contributed by atoms with Gasteiger partial charge in [0.1, 0.15) is 17.4 Å². The third-order valence-electron chi connectivity index (χ3n) is 3.17. The number of benzene rings is 2. The van der Waals surface area contributed by atoms with Crippen molar-refractivity contribution in [2.24, 2.45) is 0 Å². The molecule has 0 saturated heterocycles. The molecule has 0 bridgehead atoms. The molecule has 0 saturated carbocycles. The van der Waals surface area contributed by atoms with Crippen molar-refractivity contribution < 1.29 is 27.8 Å². The molecule has 1 amide bonds. The number of carbonyl (C=O) groups excluding carboxylic acids is 2. The Morgan fingerprint density at radius 3 is 2.48 bits per heavy atom. The third kappa shape index (κ3) is 6.21. The van der Waals surface area contributed by atoms with Gasteiger partial charge in [0, 0.05) is 6.07 Å². The maximum absolute atomic E-state index is 13.4. The Morgan fingerprint density at radius 1 is 1.08 bits per heavy atom. The fourth-order valence-corrected chi connectivity index (χ4v) is 1.88. The van der Waals surface area contributed by atoms with Crippen LogP contribution in [0.1, 0.15) is 12.0 Å². The summed E-state index contributed by atoms with van der Waals surface area (Å²) in [4.78, 5) is 23.2. The number of amides is 1. The van der Waals surface area contributed by atoms with Crippen LogP contribution in [0.3, 0.4) is 0 Å². The topological polar surface area (TPSA) is 64.6 Å². The maximum atomic E-state index is 13.4. The average Bonchev–Trinajstić information content (AvgIpc) is 2.57. The molecule has 2 aromatic rings. The summed E-state index contributed by atoms with van der Waals surface area (Å²) in [5, 5.41) is 2.19. The predicted octanol–water partition coefficient (Wildman–Crippen LogP) is 3.22. The van der Waals surface area contributed by atoms with Gasteiger partial charge in [0.2, 0.25) is 0 Å². The first-order chi connectivity index (χ1) is 11.9. The highest BCUT2D eigenvalue weighted by Gasteiger charge is 2.11. The third-order valence-corrected chi connectivity index (χ3v) is 3.17. The van der Waals surface area contributed by atoms with Gasteiger partial charge in [-0.25, -0.2) is 8.78 Å². The Balaban J connectivity index is 1.68. The van der Waals surface area contributed by atoms with Crippen molar-refractivity contribution in [2.45, 2.75) is 13.3 Å². The molecule has 0 atom stereocenters. The summed E-state index contributed by atoms with van der Waals surface area (Å²) in [5.41, 5.74) is 0.903. The first-order valence-electron chi connectivity index (χ1n) is 7.54. The van der Waals surface area contributed by atoms with Crippen LogP contribution >= 0.6 is 0 Å². The quantitative estimate of drug-likeness (QED) is 0.780. The number of aryl methyl sites for hydroxylation is 1. The van der Waals surface area contributed by atoms with Gasteiger partial charge in [-0.05, 0) is 31.2 Å². The molecule has 0 aliphatic rings. The van der Waals surface area contributed by atoms with Crippen LogP contribution in [-0.2, 0) is 14.3 Å². The van der Waals surface area contributed by atoms with E-state index in [1.165, 1.54) is 0 Å². The van der Waals surface area contributed by atoms with Gasteiger partial charge in [-0.2, -0.15) is 0 Å². The zero-order valence-electron chi connectivity index (χ0n) is 13.6. The van der Waals surface area contributed by atoms with E-state index in [0.29, 0.717) is 11.8 Å². The van der Waals surface area contributed by atoms with Gasteiger partial charge >= 0.3 is 5.97 Å². The van der Waals surface area contributed by atoms with Crippen molar-refractivity contribution in [1.82, 2.24) is 0 Å².